The van der Waals surface area contributed by atoms with E-state index in [4.69, 9.17) is 26.2 Å². The fourth-order valence-electron chi connectivity index (χ4n) is 1.01. The molecular formula is C10H9Br2ClO4. The third kappa shape index (κ3) is 4.04. The molecule has 0 radical (unpaired) electrons. The van der Waals surface area contributed by atoms with Crippen LogP contribution in [0.15, 0.2) is 21.1 Å². The molecule has 0 heterocycles. The Morgan fingerprint density at radius 1 is 1.41 bits per heavy atom. The van der Waals surface area contributed by atoms with E-state index in [0.717, 1.165) is 0 Å². The summed E-state index contributed by atoms with van der Waals surface area (Å²) in [5.41, 5.74) is 0. The van der Waals surface area contributed by atoms with Crippen molar-refractivity contribution in [3.63, 3.8) is 0 Å². The number of carboxylic acids is 1. The van der Waals surface area contributed by atoms with Crippen LogP contribution in [-0.4, -0.2) is 30.2 Å². The number of aliphatic carboxylic acids is 1. The monoisotopic (exact) mass is 386 g/mol. The first kappa shape index (κ1) is 14.6. The number of ether oxygens (including phenoxy) is 2. The summed E-state index contributed by atoms with van der Waals surface area (Å²) in [6, 6.07) is 3.39. The Morgan fingerprint density at radius 3 is 2.47 bits per heavy atom. The van der Waals surface area contributed by atoms with Gasteiger partial charge in [0.15, 0.2) is 5.38 Å². The number of methoxy groups -OCH3 is 1. The van der Waals surface area contributed by atoms with Crippen molar-refractivity contribution in [2.75, 3.05) is 13.7 Å². The summed E-state index contributed by atoms with van der Waals surface area (Å²) < 4.78 is 11.8. The van der Waals surface area contributed by atoms with Gasteiger partial charge in [0.05, 0.1) is 16.1 Å². The summed E-state index contributed by atoms with van der Waals surface area (Å²) in [7, 11) is 1.55. The van der Waals surface area contributed by atoms with Gasteiger partial charge in [-0.1, -0.05) is 0 Å². The Balaban J connectivity index is 2.78. The topological polar surface area (TPSA) is 55.8 Å². The average molecular weight is 388 g/mol. The molecule has 1 rings (SSSR count). The summed E-state index contributed by atoms with van der Waals surface area (Å²) in [6.45, 7) is -0.117. The van der Waals surface area contributed by atoms with Crippen molar-refractivity contribution in [1.29, 1.82) is 0 Å². The van der Waals surface area contributed by atoms with Gasteiger partial charge in [-0.15, -0.1) is 11.6 Å². The maximum absolute atomic E-state index is 10.5. The predicted octanol–water partition coefficient (Wildman–Crippen LogP) is 3.29. The molecule has 17 heavy (non-hydrogen) atoms. The molecule has 4 nitrogen and oxygen atoms in total. The van der Waals surface area contributed by atoms with Crippen molar-refractivity contribution in [1.82, 2.24) is 0 Å². The van der Waals surface area contributed by atoms with Crippen LogP contribution in [0.25, 0.3) is 0 Å². The summed E-state index contributed by atoms with van der Waals surface area (Å²) >= 11 is 12.1. The van der Waals surface area contributed by atoms with Gasteiger partial charge in [0.25, 0.3) is 0 Å². The van der Waals surface area contributed by atoms with E-state index in [1.165, 1.54) is 0 Å². The van der Waals surface area contributed by atoms with Gasteiger partial charge in [-0.3, -0.25) is 4.79 Å². The molecule has 94 valence electrons. The molecule has 0 saturated carbocycles. The molecule has 1 aromatic carbocycles. The van der Waals surface area contributed by atoms with Crippen LogP contribution in [0, 0.1) is 0 Å². The minimum Gasteiger partial charge on any atom is -0.496 e. The minimum absolute atomic E-state index is 0.117. The van der Waals surface area contributed by atoms with Crippen LogP contribution in [0.1, 0.15) is 0 Å². The highest BCUT2D eigenvalue weighted by atomic mass is 79.9. The average Bonchev–Trinajstić information content (AvgIpc) is 2.29. The number of carboxylic acid groups (broad SMARTS) is 1. The van der Waals surface area contributed by atoms with Crippen LogP contribution in [-0.2, 0) is 4.79 Å². The lowest BCUT2D eigenvalue weighted by molar-refractivity contribution is -0.137. The van der Waals surface area contributed by atoms with Crippen LogP contribution >= 0.6 is 43.5 Å². The van der Waals surface area contributed by atoms with Crippen LogP contribution in [0.5, 0.6) is 11.5 Å². The summed E-state index contributed by atoms with van der Waals surface area (Å²) in [6.07, 6.45) is 0. The van der Waals surface area contributed by atoms with Crippen LogP contribution in [0.3, 0.4) is 0 Å². The van der Waals surface area contributed by atoms with Crippen molar-refractivity contribution in [2.45, 2.75) is 5.38 Å². The molecule has 0 aromatic heterocycles. The largest absolute Gasteiger partial charge is 0.496 e. The SMILES string of the molecule is COc1cc(Br)c(OCC(Cl)C(=O)O)cc1Br. The molecule has 0 fully saturated rings. The van der Waals surface area contributed by atoms with Crippen molar-refractivity contribution >= 4 is 49.4 Å². The molecule has 0 aliphatic heterocycles. The Morgan fingerprint density at radius 2 is 1.94 bits per heavy atom. The molecule has 0 spiro atoms. The van der Waals surface area contributed by atoms with Crippen LogP contribution in [0.2, 0.25) is 0 Å². The lowest BCUT2D eigenvalue weighted by Gasteiger charge is -2.12. The van der Waals surface area contributed by atoms with Gasteiger partial charge in [-0.2, -0.15) is 0 Å². The zero-order chi connectivity index (χ0) is 13.0. The van der Waals surface area contributed by atoms with E-state index >= 15 is 0 Å². The predicted molar refractivity (Wildman–Crippen MR) is 71.2 cm³/mol. The highest BCUT2D eigenvalue weighted by molar-refractivity contribution is 9.11. The first-order valence-electron chi connectivity index (χ1n) is 4.48. The van der Waals surface area contributed by atoms with Crippen molar-refractivity contribution in [3.8, 4) is 11.5 Å². The van der Waals surface area contributed by atoms with E-state index in [1.807, 2.05) is 0 Å². The molecular weight excluding hydrogens is 379 g/mol. The lowest BCUT2D eigenvalue weighted by atomic mass is 10.3. The number of benzene rings is 1. The number of rotatable bonds is 5. The number of carbonyl (C=O) groups is 1. The fraction of sp³-hybridized carbons (Fsp3) is 0.300. The highest BCUT2D eigenvalue weighted by Gasteiger charge is 2.16. The van der Waals surface area contributed by atoms with Gasteiger partial charge in [0, 0.05) is 0 Å². The molecule has 1 atom stereocenters. The quantitative estimate of drug-likeness (QED) is 0.787. The van der Waals surface area contributed by atoms with Gasteiger partial charge in [-0.25, -0.2) is 0 Å². The fourth-order valence-corrected chi connectivity index (χ4v) is 2.00. The van der Waals surface area contributed by atoms with E-state index in [0.29, 0.717) is 20.4 Å². The second kappa shape index (κ2) is 6.47. The summed E-state index contributed by atoms with van der Waals surface area (Å²) in [5.74, 6) is 0.0184. The molecule has 0 aliphatic carbocycles. The highest BCUT2D eigenvalue weighted by Crippen LogP contribution is 2.36. The molecule has 0 aliphatic rings. The second-order valence-corrected chi connectivity index (χ2v) is 5.27. The Kier molecular flexibility index (Phi) is 5.55. The standard InChI is InChI=1S/C10H9Br2ClO4/c1-16-8-2-6(12)9(3-5(8)11)17-4-7(13)10(14)15/h2-3,7H,4H2,1H3,(H,14,15). The Labute approximate surface area is 120 Å². The van der Waals surface area contributed by atoms with E-state index < -0.39 is 11.3 Å². The Hall–Kier alpha value is -0.460. The van der Waals surface area contributed by atoms with Crippen LogP contribution in [0.4, 0.5) is 0 Å². The van der Waals surface area contributed by atoms with E-state index in [1.54, 1.807) is 19.2 Å². The third-order valence-corrected chi connectivity index (χ3v) is 3.41. The zero-order valence-corrected chi connectivity index (χ0v) is 12.7. The lowest BCUT2D eigenvalue weighted by Crippen LogP contribution is -2.21. The maximum atomic E-state index is 10.5. The number of alkyl halides is 1. The number of hydrogen-bond acceptors (Lipinski definition) is 3. The third-order valence-electron chi connectivity index (χ3n) is 1.86. The molecule has 0 saturated heterocycles. The molecule has 7 heteroatoms. The van der Waals surface area contributed by atoms with Gasteiger partial charge < -0.3 is 14.6 Å². The second-order valence-electron chi connectivity index (χ2n) is 3.03. The summed E-state index contributed by atoms with van der Waals surface area (Å²) in [4.78, 5) is 10.5. The maximum Gasteiger partial charge on any atom is 0.325 e. The van der Waals surface area contributed by atoms with E-state index in [-0.39, 0.29) is 6.61 Å². The number of halogens is 3. The van der Waals surface area contributed by atoms with Crippen LogP contribution < -0.4 is 9.47 Å². The van der Waals surface area contributed by atoms with Crippen molar-refractivity contribution in [2.24, 2.45) is 0 Å². The number of hydrogen-bond donors (Lipinski definition) is 1. The van der Waals surface area contributed by atoms with Crippen molar-refractivity contribution < 1.29 is 19.4 Å². The van der Waals surface area contributed by atoms with Gasteiger partial charge in [0.1, 0.15) is 18.1 Å². The van der Waals surface area contributed by atoms with Crippen molar-refractivity contribution in [3.05, 3.63) is 21.1 Å². The normalized spacial score (nSPS) is 12.0. The van der Waals surface area contributed by atoms with Gasteiger partial charge in [0.2, 0.25) is 0 Å². The molecule has 0 bridgehead atoms. The zero-order valence-electron chi connectivity index (χ0n) is 8.75. The molecule has 1 unspecified atom stereocenters. The molecule has 1 aromatic rings. The molecule has 0 amide bonds. The smallest absolute Gasteiger partial charge is 0.325 e. The minimum atomic E-state index is -1.12. The van der Waals surface area contributed by atoms with Gasteiger partial charge >= 0.3 is 5.97 Å². The Bertz CT molecular complexity index is 425. The van der Waals surface area contributed by atoms with E-state index in [2.05, 4.69) is 31.9 Å². The summed E-state index contributed by atoms with van der Waals surface area (Å²) in [5, 5.41) is 7.53. The first-order chi connectivity index (χ1) is 7.95. The molecule has 1 N–H and O–H groups in total. The first-order valence-corrected chi connectivity index (χ1v) is 6.50. The van der Waals surface area contributed by atoms with Gasteiger partial charge in [-0.05, 0) is 44.0 Å². The van der Waals surface area contributed by atoms with E-state index in [9.17, 15) is 4.79 Å².